The molecule has 3 rings (SSSR count). The first-order valence-electron chi connectivity index (χ1n) is 10.3. The average Bonchev–Trinajstić information content (AvgIpc) is 3.19. The Morgan fingerprint density at radius 1 is 1.23 bits per heavy atom. The van der Waals surface area contributed by atoms with Gasteiger partial charge in [-0.2, -0.15) is 0 Å². The van der Waals surface area contributed by atoms with Crippen LogP contribution in [0.3, 0.4) is 0 Å². The molecule has 164 valence electrons. The van der Waals surface area contributed by atoms with Gasteiger partial charge in [-0.3, -0.25) is 4.79 Å². The van der Waals surface area contributed by atoms with Gasteiger partial charge in [-0.25, -0.2) is 0 Å². The zero-order valence-corrected chi connectivity index (χ0v) is 19.5. The van der Waals surface area contributed by atoms with Crippen molar-refractivity contribution in [2.75, 3.05) is 12.3 Å². The number of halogens is 1. The second-order valence-electron chi connectivity index (χ2n) is 7.13. The van der Waals surface area contributed by atoms with E-state index in [4.69, 9.17) is 16.3 Å². The molecule has 0 spiro atoms. The molecule has 6 nitrogen and oxygen atoms in total. The molecule has 1 unspecified atom stereocenters. The number of nitrogens with one attached hydrogen (secondary N) is 1. The van der Waals surface area contributed by atoms with E-state index in [0.717, 1.165) is 23.6 Å². The second kappa shape index (κ2) is 11.2. The highest BCUT2D eigenvalue weighted by molar-refractivity contribution is 7.99. The largest absolute Gasteiger partial charge is 0.483 e. The Labute approximate surface area is 192 Å². The molecule has 2 aromatic carbocycles. The fourth-order valence-corrected chi connectivity index (χ4v) is 4.08. The lowest BCUT2D eigenvalue weighted by Gasteiger charge is -2.16. The predicted molar refractivity (Wildman–Crippen MR) is 125 cm³/mol. The Bertz CT molecular complexity index is 1010. The monoisotopic (exact) mass is 458 g/mol. The van der Waals surface area contributed by atoms with Crippen molar-refractivity contribution in [2.24, 2.45) is 0 Å². The van der Waals surface area contributed by atoms with Gasteiger partial charge in [0.15, 0.2) is 17.1 Å². The molecule has 0 fully saturated rings. The first-order valence-corrected chi connectivity index (χ1v) is 11.6. The van der Waals surface area contributed by atoms with Crippen LogP contribution < -0.4 is 10.1 Å². The van der Waals surface area contributed by atoms with E-state index < -0.39 is 0 Å². The van der Waals surface area contributed by atoms with E-state index >= 15 is 0 Å². The summed E-state index contributed by atoms with van der Waals surface area (Å²) in [5.74, 6) is 1.72. The minimum Gasteiger partial charge on any atom is -0.483 e. The van der Waals surface area contributed by atoms with Crippen molar-refractivity contribution in [2.45, 2.75) is 45.0 Å². The number of benzene rings is 2. The van der Waals surface area contributed by atoms with Crippen LogP contribution in [0.2, 0.25) is 5.02 Å². The summed E-state index contributed by atoms with van der Waals surface area (Å²) in [6.07, 6.45) is 0.521. The van der Waals surface area contributed by atoms with Gasteiger partial charge in [0.25, 0.3) is 0 Å². The number of thioether (sulfide) groups is 1. The number of ether oxygens (including phenoxy) is 1. The van der Waals surface area contributed by atoms with Crippen LogP contribution >= 0.6 is 23.4 Å². The van der Waals surface area contributed by atoms with Crippen LogP contribution in [0.4, 0.5) is 0 Å². The predicted octanol–water partition coefficient (Wildman–Crippen LogP) is 4.85. The van der Waals surface area contributed by atoms with E-state index in [9.17, 15) is 4.79 Å². The number of carbonyl (C=O) groups is 1. The smallest absolute Gasteiger partial charge is 0.230 e. The fraction of sp³-hybridized carbons (Fsp3) is 0.348. The fourth-order valence-electron chi connectivity index (χ4n) is 3.12. The number of aromatic nitrogens is 3. The Morgan fingerprint density at radius 2 is 2.00 bits per heavy atom. The third kappa shape index (κ3) is 6.48. The van der Waals surface area contributed by atoms with E-state index in [2.05, 4.69) is 27.6 Å². The van der Waals surface area contributed by atoms with Gasteiger partial charge in [-0.05, 0) is 56.5 Å². The molecule has 3 aromatic rings. The molecule has 1 aromatic heterocycles. The number of aryl methyl sites for hydroxylation is 1. The van der Waals surface area contributed by atoms with Crippen LogP contribution in [0.15, 0.2) is 53.7 Å². The molecule has 0 aliphatic rings. The van der Waals surface area contributed by atoms with Crippen LogP contribution in [0.25, 0.3) is 0 Å². The lowest BCUT2D eigenvalue weighted by molar-refractivity contribution is -0.118. The summed E-state index contributed by atoms with van der Waals surface area (Å²) in [5, 5.41) is 13.0. The Morgan fingerprint density at radius 3 is 2.71 bits per heavy atom. The molecule has 1 heterocycles. The molecule has 31 heavy (non-hydrogen) atoms. The van der Waals surface area contributed by atoms with Gasteiger partial charge in [-0.15, -0.1) is 10.2 Å². The topological polar surface area (TPSA) is 69.0 Å². The van der Waals surface area contributed by atoms with Crippen LogP contribution in [-0.2, 0) is 17.8 Å². The minimum atomic E-state index is -0.290. The summed E-state index contributed by atoms with van der Waals surface area (Å²) in [6, 6.07) is 15.7. The van der Waals surface area contributed by atoms with Crippen molar-refractivity contribution in [3.05, 3.63) is 70.5 Å². The molecule has 0 bridgehead atoms. The van der Waals surface area contributed by atoms with Gasteiger partial charge in [0.2, 0.25) is 5.91 Å². The zero-order chi connectivity index (χ0) is 22.2. The van der Waals surface area contributed by atoms with Crippen LogP contribution in [0.1, 0.15) is 36.9 Å². The highest BCUT2D eigenvalue weighted by Crippen LogP contribution is 2.27. The van der Waals surface area contributed by atoms with Crippen molar-refractivity contribution in [3.63, 3.8) is 0 Å². The quantitative estimate of drug-likeness (QED) is 0.440. The summed E-state index contributed by atoms with van der Waals surface area (Å²) in [7, 11) is 0. The third-order valence-corrected chi connectivity index (χ3v) is 6.17. The number of hydrogen-bond donors (Lipinski definition) is 1. The van der Waals surface area contributed by atoms with E-state index in [1.54, 1.807) is 0 Å². The van der Waals surface area contributed by atoms with Crippen LogP contribution in [-0.4, -0.2) is 33.0 Å². The SMILES string of the molecule is CCn1c(SCC(=O)NCCc2ccccc2)nnc1C(C)Oc1ccc(Cl)c(C)c1. The Hall–Kier alpha value is -2.51. The van der Waals surface area contributed by atoms with Gasteiger partial charge < -0.3 is 14.6 Å². The molecule has 1 amide bonds. The summed E-state index contributed by atoms with van der Waals surface area (Å²) < 4.78 is 8.02. The lowest BCUT2D eigenvalue weighted by Crippen LogP contribution is -2.27. The second-order valence-corrected chi connectivity index (χ2v) is 8.48. The number of carbonyl (C=O) groups excluding carboxylic acids is 1. The van der Waals surface area contributed by atoms with E-state index in [1.165, 1.54) is 17.3 Å². The number of amides is 1. The van der Waals surface area contributed by atoms with Crippen molar-refractivity contribution < 1.29 is 9.53 Å². The molecular formula is C23H27ClN4O2S. The first-order chi connectivity index (χ1) is 15.0. The molecule has 0 aliphatic carbocycles. The van der Waals surface area contributed by atoms with E-state index in [1.807, 2.05) is 61.7 Å². The number of hydrogen-bond acceptors (Lipinski definition) is 5. The average molecular weight is 459 g/mol. The summed E-state index contributed by atoms with van der Waals surface area (Å²) in [4.78, 5) is 12.2. The molecular weight excluding hydrogens is 432 g/mol. The van der Waals surface area contributed by atoms with Crippen molar-refractivity contribution in [1.29, 1.82) is 0 Å². The molecule has 0 saturated heterocycles. The van der Waals surface area contributed by atoms with Crippen molar-refractivity contribution >= 4 is 29.3 Å². The Kier molecular flexibility index (Phi) is 8.37. The lowest BCUT2D eigenvalue weighted by atomic mass is 10.1. The number of rotatable bonds is 10. The van der Waals surface area contributed by atoms with Crippen LogP contribution in [0.5, 0.6) is 5.75 Å². The number of nitrogens with zero attached hydrogens (tertiary/aromatic N) is 3. The third-order valence-electron chi connectivity index (χ3n) is 4.78. The van der Waals surface area contributed by atoms with Gasteiger partial charge >= 0.3 is 0 Å². The highest BCUT2D eigenvalue weighted by Gasteiger charge is 2.19. The molecule has 1 atom stereocenters. The van der Waals surface area contributed by atoms with Crippen molar-refractivity contribution in [1.82, 2.24) is 20.1 Å². The molecule has 8 heteroatoms. The maximum Gasteiger partial charge on any atom is 0.230 e. The summed E-state index contributed by atoms with van der Waals surface area (Å²) in [5.41, 5.74) is 2.16. The summed E-state index contributed by atoms with van der Waals surface area (Å²) in [6.45, 7) is 7.20. The highest BCUT2D eigenvalue weighted by atomic mass is 35.5. The molecule has 0 aliphatic heterocycles. The van der Waals surface area contributed by atoms with Gasteiger partial charge in [0.1, 0.15) is 5.75 Å². The first kappa shape index (κ1) is 23.2. The van der Waals surface area contributed by atoms with Gasteiger partial charge in [0, 0.05) is 18.1 Å². The maximum atomic E-state index is 12.2. The molecule has 1 N–H and O–H groups in total. The van der Waals surface area contributed by atoms with Gasteiger partial charge in [-0.1, -0.05) is 53.7 Å². The normalized spacial score (nSPS) is 11.9. The summed E-state index contributed by atoms with van der Waals surface area (Å²) >= 11 is 7.47. The van der Waals surface area contributed by atoms with Crippen molar-refractivity contribution in [3.8, 4) is 5.75 Å². The zero-order valence-electron chi connectivity index (χ0n) is 18.0. The van der Waals surface area contributed by atoms with E-state index in [-0.39, 0.29) is 12.0 Å². The van der Waals surface area contributed by atoms with Crippen LogP contribution in [0, 0.1) is 6.92 Å². The molecule has 0 saturated carbocycles. The maximum absolute atomic E-state index is 12.2. The van der Waals surface area contributed by atoms with Gasteiger partial charge in [0.05, 0.1) is 5.75 Å². The van der Waals surface area contributed by atoms with E-state index in [0.29, 0.717) is 29.0 Å². The standard InChI is InChI=1S/C23H27ClN4O2S/c1-4-28-22(17(3)30-19-10-11-20(24)16(2)14-19)26-27-23(28)31-15-21(29)25-13-12-18-8-6-5-7-9-18/h5-11,14,17H,4,12-13,15H2,1-3H3,(H,25,29). The Balaban J connectivity index is 1.54. The minimum absolute atomic E-state index is 0.0194. The molecule has 0 radical (unpaired) electrons.